The van der Waals surface area contributed by atoms with Gasteiger partial charge in [0.25, 0.3) is 0 Å². The van der Waals surface area contributed by atoms with E-state index in [0.29, 0.717) is 11.6 Å². The van der Waals surface area contributed by atoms with Crippen LogP contribution in [0.25, 0.3) is 66.9 Å². The van der Waals surface area contributed by atoms with Gasteiger partial charge < -0.3 is 4.98 Å². The lowest BCUT2D eigenvalue weighted by Gasteiger charge is -2.18. The van der Waals surface area contributed by atoms with E-state index in [2.05, 4.69) is 56.0 Å². The molecular formula is C23H15N11S. The highest BCUT2D eigenvalue weighted by Crippen LogP contribution is 2.48. The van der Waals surface area contributed by atoms with Crippen LogP contribution in [0.2, 0.25) is 0 Å². The van der Waals surface area contributed by atoms with Crippen molar-refractivity contribution in [3.63, 3.8) is 0 Å². The van der Waals surface area contributed by atoms with Crippen molar-refractivity contribution in [1.82, 2.24) is 54.9 Å². The fourth-order valence-electron chi connectivity index (χ4n) is 4.31. The number of aromatic nitrogens is 11. The first-order valence-electron chi connectivity index (χ1n) is 10.6. The fourth-order valence-corrected chi connectivity index (χ4v) is 4.90. The number of para-hydroxylation sites is 2. The zero-order valence-corrected chi connectivity index (χ0v) is 18.7. The summed E-state index contributed by atoms with van der Waals surface area (Å²) in [5.41, 5.74) is 7.67. The van der Waals surface area contributed by atoms with E-state index >= 15 is 0 Å². The first-order valence-corrected chi connectivity index (χ1v) is 11.4. The third kappa shape index (κ3) is 3.15. The van der Waals surface area contributed by atoms with Gasteiger partial charge in [0.05, 0.1) is 22.4 Å². The number of benzene rings is 2. The molecule has 0 aliphatic heterocycles. The van der Waals surface area contributed by atoms with Crippen molar-refractivity contribution < 1.29 is 0 Å². The summed E-state index contributed by atoms with van der Waals surface area (Å²) in [6.45, 7) is 0. The molecule has 5 heterocycles. The summed E-state index contributed by atoms with van der Waals surface area (Å²) >= 11 is 1.30. The standard InChI is InChI=1S/C23H15N11S/c1-2-4-16-15(3-1)30-21(31-16)13-9-12(14-5-7-26-32-14)19(23-25-11-29-35-23)20(22-24-10-28-34-22)18(13)17-6-8-27-33-17/h1-11H,(H,26,32)(H,27,33)(H,30,31)(H,24,28,34). The van der Waals surface area contributed by atoms with Gasteiger partial charge in [0, 0.05) is 40.2 Å². The van der Waals surface area contributed by atoms with E-state index in [-0.39, 0.29) is 0 Å². The lowest BCUT2D eigenvalue weighted by atomic mass is 9.88. The van der Waals surface area contributed by atoms with Crippen molar-refractivity contribution in [3.05, 3.63) is 67.5 Å². The summed E-state index contributed by atoms with van der Waals surface area (Å²) in [6.07, 6.45) is 6.47. The zero-order chi connectivity index (χ0) is 23.2. The first-order chi connectivity index (χ1) is 17.4. The Kier molecular flexibility index (Phi) is 4.35. The van der Waals surface area contributed by atoms with Gasteiger partial charge in [0.15, 0.2) is 5.82 Å². The third-order valence-corrected chi connectivity index (χ3v) is 6.44. The molecule has 0 amide bonds. The Hall–Kier alpha value is -4.97. The maximum atomic E-state index is 4.90. The van der Waals surface area contributed by atoms with E-state index in [4.69, 9.17) is 4.98 Å². The molecule has 7 rings (SSSR count). The number of fused-ring (bicyclic) bond motifs is 1. The zero-order valence-electron chi connectivity index (χ0n) is 17.9. The molecule has 5 aromatic heterocycles. The van der Waals surface area contributed by atoms with Gasteiger partial charge in [0.1, 0.15) is 23.5 Å². The van der Waals surface area contributed by atoms with E-state index < -0.39 is 0 Å². The van der Waals surface area contributed by atoms with E-state index in [0.717, 1.165) is 55.2 Å². The molecule has 4 N–H and O–H groups in total. The first kappa shape index (κ1) is 19.5. The highest BCUT2D eigenvalue weighted by molar-refractivity contribution is 7.09. The quantitative estimate of drug-likeness (QED) is 0.288. The summed E-state index contributed by atoms with van der Waals surface area (Å²) in [7, 11) is 0. The van der Waals surface area contributed by atoms with Crippen LogP contribution in [0.1, 0.15) is 0 Å². The molecule has 0 bridgehead atoms. The van der Waals surface area contributed by atoms with Crippen LogP contribution in [-0.4, -0.2) is 54.9 Å². The molecule has 0 unspecified atom stereocenters. The Balaban J connectivity index is 1.67. The smallest absolute Gasteiger partial charge is 0.156 e. The minimum Gasteiger partial charge on any atom is -0.338 e. The van der Waals surface area contributed by atoms with Gasteiger partial charge in [-0.25, -0.2) is 15.0 Å². The average Bonchev–Trinajstić information content (AvgIpc) is 3.72. The van der Waals surface area contributed by atoms with Crippen LogP contribution < -0.4 is 0 Å². The number of rotatable bonds is 5. The predicted molar refractivity (Wildman–Crippen MR) is 131 cm³/mol. The van der Waals surface area contributed by atoms with Crippen molar-refractivity contribution in [1.29, 1.82) is 0 Å². The second-order valence-electron chi connectivity index (χ2n) is 7.72. The predicted octanol–water partition coefficient (Wildman–Crippen LogP) is 4.31. The number of nitrogens with zero attached hydrogens (tertiary/aromatic N) is 7. The second kappa shape index (κ2) is 7.81. The molecule has 0 spiro atoms. The van der Waals surface area contributed by atoms with E-state index in [1.165, 1.54) is 17.9 Å². The molecule has 0 fully saturated rings. The molecule has 12 heteroatoms. The minimum atomic E-state index is 0.582. The number of hydrogen-bond donors (Lipinski definition) is 4. The Morgan fingerprint density at radius 3 is 2.26 bits per heavy atom. The Bertz CT molecular complexity index is 1700. The Labute approximate surface area is 200 Å². The molecule has 168 valence electrons. The van der Waals surface area contributed by atoms with Crippen LogP contribution in [0.3, 0.4) is 0 Å². The number of H-pyrrole nitrogens is 4. The van der Waals surface area contributed by atoms with Gasteiger partial charge in [-0.05, 0) is 41.9 Å². The Morgan fingerprint density at radius 1 is 0.686 bits per heavy atom. The molecule has 11 nitrogen and oxygen atoms in total. The van der Waals surface area contributed by atoms with Crippen molar-refractivity contribution in [2.24, 2.45) is 0 Å². The number of aromatic amines is 4. The van der Waals surface area contributed by atoms with Crippen LogP contribution in [0.4, 0.5) is 0 Å². The summed E-state index contributed by atoms with van der Waals surface area (Å²) in [5.74, 6) is 1.29. The van der Waals surface area contributed by atoms with E-state index in [1.54, 1.807) is 18.7 Å². The summed E-state index contributed by atoms with van der Waals surface area (Å²) in [6, 6.07) is 13.9. The van der Waals surface area contributed by atoms with Gasteiger partial charge in [-0.15, -0.1) is 0 Å². The lowest BCUT2D eigenvalue weighted by Crippen LogP contribution is -2.00. The average molecular weight is 478 g/mol. The molecular weight excluding hydrogens is 462 g/mol. The fraction of sp³-hybridized carbons (Fsp3) is 0. The van der Waals surface area contributed by atoms with Gasteiger partial charge in [-0.2, -0.15) is 19.7 Å². The van der Waals surface area contributed by atoms with Crippen molar-refractivity contribution in [3.8, 4) is 55.9 Å². The van der Waals surface area contributed by atoms with Gasteiger partial charge in [-0.3, -0.25) is 15.3 Å². The monoisotopic (exact) mass is 477 g/mol. The molecule has 0 atom stereocenters. The largest absolute Gasteiger partial charge is 0.338 e. The molecule has 0 aliphatic carbocycles. The maximum Gasteiger partial charge on any atom is 0.156 e. The van der Waals surface area contributed by atoms with Gasteiger partial charge in [-0.1, -0.05) is 12.1 Å². The molecule has 7 aromatic rings. The number of nitrogens with one attached hydrogen (secondary N) is 4. The van der Waals surface area contributed by atoms with Crippen molar-refractivity contribution in [2.75, 3.05) is 0 Å². The topological polar surface area (TPSA) is 153 Å². The van der Waals surface area contributed by atoms with Crippen LogP contribution in [0.5, 0.6) is 0 Å². The summed E-state index contributed by atoms with van der Waals surface area (Å²) in [5, 5.41) is 22.5. The number of imidazole rings is 1. The molecule has 0 radical (unpaired) electrons. The molecule has 0 aliphatic rings. The molecule has 0 saturated heterocycles. The second-order valence-corrected chi connectivity index (χ2v) is 8.50. The maximum absolute atomic E-state index is 4.90. The third-order valence-electron chi connectivity index (χ3n) is 5.76. The SMILES string of the molecule is c1ccc2[nH]c(-c3cc(-c4ccn[nH]4)c(-c4ncns4)c(-c4ncn[nH]4)c3-c3ccn[nH]3)nc2c1. The van der Waals surface area contributed by atoms with Crippen LogP contribution >= 0.6 is 11.5 Å². The summed E-state index contributed by atoms with van der Waals surface area (Å²) < 4.78 is 4.27. The Morgan fingerprint density at radius 2 is 1.54 bits per heavy atom. The van der Waals surface area contributed by atoms with Crippen molar-refractivity contribution in [2.45, 2.75) is 0 Å². The highest BCUT2D eigenvalue weighted by Gasteiger charge is 2.28. The van der Waals surface area contributed by atoms with Crippen LogP contribution in [-0.2, 0) is 0 Å². The minimum absolute atomic E-state index is 0.582. The normalized spacial score (nSPS) is 11.4. The molecule has 35 heavy (non-hydrogen) atoms. The van der Waals surface area contributed by atoms with Gasteiger partial charge >= 0.3 is 0 Å². The van der Waals surface area contributed by atoms with Crippen LogP contribution in [0, 0.1) is 0 Å². The number of hydrogen-bond acceptors (Lipinski definition) is 8. The van der Waals surface area contributed by atoms with Gasteiger partial charge in [0.2, 0.25) is 0 Å². The highest BCUT2D eigenvalue weighted by atomic mass is 32.1. The van der Waals surface area contributed by atoms with E-state index in [9.17, 15) is 0 Å². The lowest BCUT2D eigenvalue weighted by molar-refractivity contribution is 1.09. The summed E-state index contributed by atoms with van der Waals surface area (Å²) in [4.78, 5) is 17.4. The molecule has 2 aromatic carbocycles. The van der Waals surface area contributed by atoms with Crippen molar-refractivity contribution >= 4 is 22.6 Å². The van der Waals surface area contributed by atoms with E-state index in [1.807, 2.05) is 36.4 Å². The molecule has 0 saturated carbocycles. The van der Waals surface area contributed by atoms with Crippen LogP contribution in [0.15, 0.2) is 67.5 Å².